The van der Waals surface area contributed by atoms with Crippen LogP contribution in [0.15, 0.2) is 24.3 Å². The van der Waals surface area contributed by atoms with Gasteiger partial charge in [0, 0.05) is 13.1 Å². The van der Waals surface area contributed by atoms with E-state index in [2.05, 4.69) is 17.4 Å². The van der Waals surface area contributed by atoms with Gasteiger partial charge in [0.05, 0.1) is 6.61 Å². The van der Waals surface area contributed by atoms with Crippen molar-refractivity contribution < 1.29 is 4.74 Å². The number of nitrogens with two attached hydrogens (primary N) is 1. The molecular weight excluding hydrogens is 224 g/mol. The third-order valence-electron chi connectivity index (χ3n) is 3.91. The van der Waals surface area contributed by atoms with E-state index in [1.54, 1.807) is 0 Å². The number of rotatable bonds is 7. The first-order chi connectivity index (χ1) is 8.78. The summed E-state index contributed by atoms with van der Waals surface area (Å²) in [5.74, 6) is 0.943. The van der Waals surface area contributed by atoms with Crippen molar-refractivity contribution in [2.24, 2.45) is 11.1 Å². The number of benzene rings is 1. The second-order valence-corrected chi connectivity index (χ2v) is 5.24. The molecule has 100 valence electrons. The average molecular weight is 248 g/mol. The highest BCUT2D eigenvalue weighted by atomic mass is 16.5. The van der Waals surface area contributed by atoms with Crippen LogP contribution in [0.25, 0.3) is 0 Å². The lowest BCUT2D eigenvalue weighted by atomic mass is 9.69. The van der Waals surface area contributed by atoms with E-state index in [9.17, 15) is 0 Å². The largest absolute Gasteiger partial charge is 0.494 e. The molecule has 0 spiro atoms. The number of ether oxygens (including phenoxy) is 1. The Morgan fingerprint density at radius 3 is 2.50 bits per heavy atom. The summed E-state index contributed by atoms with van der Waals surface area (Å²) >= 11 is 0. The molecule has 0 unspecified atom stereocenters. The molecule has 1 aromatic rings. The molecule has 0 radical (unpaired) electrons. The maximum Gasteiger partial charge on any atom is 0.119 e. The normalized spacial score (nSPS) is 17.2. The highest BCUT2D eigenvalue weighted by molar-refractivity contribution is 5.27. The summed E-state index contributed by atoms with van der Waals surface area (Å²) in [5, 5.41) is 3.53. The Balaban J connectivity index is 1.76. The van der Waals surface area contributed by atoms with Crippen molar-refractivity contribution >= 4 is 0 Å². The van der Waals surface area contributed by atoms with Crippen LogP contribution < -0.4 is 15.8 Å². The van der Waals surface area contributed by atoms with Crippen molar-refractivity contribution in [2.45, 2.75) is 32.7 Å². The van der Waals surface area contributed by atoms with Gasteiger partial charge in [-0.1, -0.05) is 18.6 Å². The standard InChI is InChI=1S/C15H24N2O/c1-2-18-14-6-4-13(5-7-14)10-17-12-15(11-16)8-3-9-15/h4-7,17H,2-3,8-12,16H2,1H3. The number of hydrogen-bond donors (Lipinski definition) is 2. The van der Waals surface area contributed by atoms with Crippen LogP contribution in [0.4, 0.5) is 0 Å². The second kappa shape index (κ2) is 6.21. The number of hydrogen-bond acceptors (Lipinski definition) is 3. The predicted molar refractivity (Wildman–Crippen MR) is 74.7 cm³/mol. The van der Waals surface area contributed by atoms with Crippen LogP contribution >= 0.6 is 0 Å². The Hall–Kier alpha value is -1.06. The highest BCUT2D eigenvalue weighted by Crippen LogP contribution is 2.39. The molecule has 0 aliphatic heterocycles. The fourth-order valence-electron chi connectivity index (χ4n) is 2.47. The van der Waals surface area contributed by atoms with Crippen molar-refractivity contribution in [3.8, 4) is 5.75 Å². The Labute approximate surface area is 110 Å². The minimum atomic E-state index is 0.380. The molecule has 1 fully saturated rings. The highest BCUT2D eigenvalue weighted by Gasteiger charge is 2.34. The van der Waals surface area contributed by atoms with Crippen LogP contribution in [0.2, 0.25) is 0 Å². The molecule has 0 amide bonds. The van der Waals surface area contributed by atoms with Crippen LogP contribution in [0, 0.1) is 5.41 Å². The fraction of sp³-hybridized carbons (Fsp3) is 0.600. The van der Waals surface area contributed by atoms with Gasteiger partial charge >= 0.3 is 0 Å². The third-order valence-corrected chi connectivity index (χ3v) is 3.91. The Morgan fingerprint density at radius 1 is 1.28 bits per heavy atom. The van der Waals surface area contributed by atoms with Crippen LogP contribution in [-0.4, -0.2) is 19.7 Å². The van der Waals surface area contributed by atoms with Crippen molar-refractivity contribution in [2.75, 3.05) is 19.7 Å². The minimum absolute atomic E-state index is 0.380. The summed E-state index contributed by atoms with van der Waals surface area (Å²) in [6, 6.07) is 8.30. The van der Waals surface area contributed by atoms with Crippen molar-refractivity contribution in [1.29, 1.82) is 0 Å². The summed E-state index contributed by atoms with van der Waals surface area (Å²) < 4.78 is 5.43. The van der Waals surface area contributed by atoms with Gasteiger partial charge in [-0.15, -0.1) is 0 Å². The van der Waals surface area contributed by atoms with E-state index in [4.69, 9.17) is 10.5 Å². The van der Waals surface area contributed by atoms with Crippen LogP contribution in [-0.2, 0) is 6.54 Å². The van der Waals surface area contributed by atoms with Gasteiger partial charge in [0.1, 0.15) is 5.75 Å². The first kappa shape index (κ1) is 13.4. The average Bonchev–Trinajstić information content (AvgIpc) is 2.35. The summed E-state index contributed by atoms with van der Waals surface area (Å²) in [7, 11) is 0. The van der Waals surface area contributed by atoms with E-state index in [1.807, 2.05) is 19.1 Å². The van der Waals surface area contributed by atoms with E-state index >= 15 is 0 Å². The zero-order valence-corrected chi connectivity index (χ0v) is 11.2. The quantitative estimate of drug-likeness (QED) is 0.778. The van der Waals surface area contributed by atoms with Crippen molar-refractivity contribution in [3.63, 3.8) is 0 Å². The molecule has 0 saturated heterocycles. The molecule has 0 atom stereocenters. The van der Waals surface area contributed by atoms with Gasteiger partial charge in [-0.05, 0) is 49.4 Å². The lowest BCUT2D eigenvalue weighted by Crippen LogP contribution is -2.45. The molecule has 1 saturated carbocycles. The van der Waals surface area contributed by atoms with Crippen molar-refractivity contribution in [1.82, 2.24) is 5.32 Å². The van der Waals surface area contributed by atoms with Crippen LogP contribution in [0.3, 0.4) is 0 Å². The molecule has 0 heterocycles. The summed E-state index contributed by atoms with van der Waals surface area (Å²) in [6.07, 6.45) is 3.89. The molecule has 0 bridgehead atoms. The van der Waals surface area contributed by atoms with E-state index in [-0.39, 0.29) is 0 Å². The molecule has 1 aliphatic carbocycles. The SMILES string of the molecule is CCOc1ccc(CNCC2(CN)CCC2)cc1. The first-order valence-electron chi connectivity index (χ1n) is 6.90. The molecule has 0 aromatic heterocycles. The second-order valence-electron chi connectivity index (χ2n) is 5.24. The monoisotopic (exact) mass is 248 g/mol. The van der Waals surface area contributed by atoms with Crippen molar-refractivity contribution in [3.05, 3.63) is 29.8 Å². The minimum Gasteiger partial charge on any atom is -0.494 e. The lowest BCUT2D eigenvalue weighted by Gasteiger charge is -2.41. The van der Waals surface area contributed by atoms with E-state index in [0.29, 0.717) is 5.41 Å². The predicted octanol–water partition coefficient (Wildman–Crippen LogP) is 2.30. The zero-order valence-electron chi connectivity index (χ0n) is 11.2. The van der Waals surface area contributed by atoms with Gasteiger partial charge < -0.3 is 15.8 Å². The maximum absolute atomic E-state index is 5.84. The topological polar surface area (TPSA) is 47.3 Å². The Morgan fingerprint density at radius 2 is 2.00 bits per heavy atom. The van der Waals surface area contributed by atoms with Gasteiger partial charge in [-0.2, -0.15) is 0 Å². The first-order valence-corrected chi connectivity index (χ1v) is 6.90. The van der Waals surface area contributed by atoms with E-state index < -0.39 is 0 Å². The molecule has 1 aromatic carbocycles. The molecule has 3 nitrogen and oxygen atoms in total. The number of nitrogens with one attached hydrogen (secondary N) is 1. The Kier molecular flexibility index (Phi) is 4.61. The van der Waals surface area contributed by atoms with Gasteiger partial charge in [0.15, 0.2) is 0 Å². The van der Waals surface area contributed by atoms with Crippen LogP contribution in [0.5, 0.6) is 5.75 Å². The molecule has 1 aliphatic rings. The zero-order chi connectivity index (χ0) is 12.8. The van der Waals surface area contributed by atoms with Gasteiger partial charge in [-0.3, -0.25) is 0 Å². The molecule has 3 N–H and O–H groups in total. The fourth-order valence-corrected chi connectivity index (χ4v) is 2.47. The van der Waals surface area contributed by atoms with E-state index in [0.717, 1.165) is 32.0 Å². The van der Waals surface area contributed by atoms with Gasteiger partial charge in [0.25, 0.3) is 0 Å². The summed E-state index contributed by atoms with van der Waals surface area (Å²) in [6.45, 7) is 5.48. The molecule has 18 heavy (non-hydrogen) atoms. The molecule has 2 rings (SSSR count). The van der Waals surface area contributed by atoms with E-state index in [1.165, 1.54) is 24.8 Å². The summed E-state index contributed by atoms with van der Waals surface area (Å²) in [5.41, 5.74) is 7.52. The molecular formula is C15H24N2O. The van der Waals surface area contributed by atoms with Gasteiger partial charge in [-0.25, -0.2) is 0 Å². The lowest BCUT2D eigenvalue weighted by molar-refractivity contribution is 0.141. The summed E-state index contributed by atoms with van der Waals surface area (Å²) in [4.78, 5) is 0. The van der Waals surface area contributed by atoms with Crippen LogP contribution in [0.1, 0.15) is 31.7 Å². The Bertz CT molecular complexity index is 352. The molecule has 3 heteroatoms. The smallest absolute Gasteiger partial charge is 0.119 e. The maximum atomic E-state index is 5.84. The third kappa shape index (κ3) is 3.24. The van der Waals surface area contributed by atoms with Gasteiger partial charge in [0.2, 0.25) is 0 Å².